The molecule has 0 unspecified atom stereocenters. The van der Waals surface area contributed by atoms with Crippen LogP contribution >= 0.6 is 0 Å². The van der Waals surface area contributed by atoms with E-state index in [1.54, 1.807) is 0 Å². The van der Waals surface area contributed by atoms with Crippen LogP contribution in [0.5, 0.6) is 0 Å². The molecule has 0 amide bonds. The lowest BCUT2D eigenvalue weighted by Crippen LogP contribution is -2.23. The molecule has 2 aromatic carbocycles. The van der Waals surface area contributed by atoms with Crippen molar-refractivity contribution in [3.05, 3.63) is 96.1 Å². The molecule has 1 nitrogen and oxygen atoms in total. The Bertz CT molecular complexity index is 946. The minimum absolute atomic E-state index is 0.0772. The van der Waals surface area contributed by atoms with E-state index in [1.807, 2.05) is 42.5 Å². The second-order valence-electron chi connectivity index (χ2n) is 11.0. The van der Waals surface area contributed by atoms with Crippen LogP contribution in [-0.4, -0.2) is 6.11 Å². The molecule has 0 heterocycles. The molecule has 2 aliphatic carbocycles. The molecular formula is C33H42F2O. The predicted molar refractivity (Wildman–Crippen MR) is 145 cm³/mol. The molecule has 3 heteroatoms. The van der Waals surface area contributed by atoms with Crippen LogP contribution in [0.15, 0.2) is 73.8 Å². The summed E-state index contributed by atoms with van der Waals surface area (Å²) in [6.45, 7) is 7.66. The van der Waals surface area contributed by atoms with E-state index >= 15 is 0 Å². The minimum atomic E-state index is -3.19. The van der Waals surface area contributed by atoms with Crippen molar-refractivity contribution in [3.63, 3.8) is 0 Å². The Labute approximate surface area is 216 Å². The van der Waals surface area contributed by atoms with Crippen LogP contribution in [-0.2, 0) is 17.8 Å². The number of halogens is 2. The summed E-state index contributed by atoms with van der Waals surface area (Å²) < 4.78 is 34.3. The number of allylic oxidation sites excluding steroid dienone is 2. The summed E-state index contributed by atoms with van der Waals surface area (Å²) in [6.07, 6.45) is 12.4. The van der Waals surface area contributed by atoms with Crippen molar-refractivity contribution in [1.29, 1.82) is 0 Å². The van der Waals surface area contributed by atoms with Gasteiger partial charge in [-0.05, 0) is 110 Å². The third kappa shape index (κ3) is 7.62. The maximum absolute atomic E-state index is 14.6. The van der Waals surface area contributed by atoms with Gasteiger partial charge in [-0.1, -0.05) is 60.7 Å². The summed E-state index contributed by atoms with van der Waals surface area (Å²) >= 11 is 0. The quantitative estimate of drug-likeness (QED) is 0.284. The van der Waals surface area contributed by atoms with Crippen molar-refractivity contribution >= 4 is 0 Å². The van der Waals surface area contributed by atoms with E-state index in [1.165, 1.54) is 56.1 Å². The van der Waals surface area contributed by atoms with Gasteiger partial charge in [0.25, 0.3) is 0 Å². The highest BCUT2D eigenvalue weighted by molar-refractivity contribution is 5.27. The molecule has 0 radical (unpaired) electrons. The summed E-state index contributed by atoms with van der Waals surface area (Å²) in [5.41, 5.74) is 3.99. The van der Waals surface area contributed by atoms with E-state index in [-0.39, 0.29) is 6.61 Å². The molecule has 2 fully saturated rings. The topological polar surface area (TPSA) is 9.23 Å². The highest BCUT2D eigenvalue weighted by Crippen LogP contribution is 2.38. The second-order valence-corrected chi connectivity index (χ2v) is 11.0. The molecule has 0 aromatic heterocycles. The normalized spacial score (nSPS) is 24.8. The third-order valence-electron chi connectivity index (χ3n) is 8.49. The number of ether oxygens (including phenoxy) is 1. The lowest BCUT2D eigenvalue weighted by Gasteiger charge is -2.28. The van der Waals surface area contributed by atoms with Gasteiger partial charge in [0.2, 0.25) is 0 Å². The van der Waals surface area contributed by atoms with Gasteiger partial charge in [-0.3, -0.25) is 0 Å². The Hall–Kier alpha value is -2.26. The number of alkyl halides is 2. The molecule has 0 aliphatic heterocycles. The molecule has 36 heavy (non-hydrogen) atoms. The van der Waals surface area contributed by atoms with E-state index in [0.717, 1.165) is 30.7 Å². The standard InChI is InChI=1S/C33H42F2O/c1-3-5-6-26-9-17-30(18-10-26)32-21-13-28(14-22-32)24-36-33(34,35)23-27-11-19-31(20-12-27)29-15-7-25(4-2)8-16-29/h3-4,11-14,19-22,25-26,29-30H,1-2,5-10,15-18,23-24H2. The maximum Gasteiger partial charge on any atom is 0.360 e. The van der Waals surface area contributed by atoms with Crippen LogP contribution in [0.1, 0.15) is 98.3 Å². The van der Waals surface area contributed by atoms with Gasteiger partial charge in [0.1, 0.15) is 0 Å². The maximum atomic E-state index is 14.6. The fraction of sp³-hybridized carbons (Fsp3) is 0.515. The Balaban J connectivity index is 1.23. The Kier molecular flexibility index (Phi) is 9.53. The van der Waals surface area contributed by atoms with Crippen LogP contribution in [0.25, 0.3) is 0 Å². The first-order valence-electron chi connectivity index (χ1n) is 13.9. The molecule has 194 valence electrons. The van der Waals surface area contributed by atoms with E-state index < -0.39 is 12.5 Å². The van der Waals surface area contributed by atoms with Crippen LogP contribution in [0.4, 0.5) is 8.78 Å². The smallest absolute Gasteiger partial charge is 0.315 e. The van der Waals surface area contributed by atoms with Gasteiger partial charge in [-0.25, -0.2) is 0 Å². The van der Waals surface area contributed by atoms with E-state index in [2.05, 4.69) is 31.4 Å². The Morgan fingerprint density at radius 3 is 1.81 bits per heavy atom. The summed E-state index contributed by atoms with van der Waals surface area (Å²) in [5, 5.41) is 0. The zero-order valence-electron chi connectivity index (χ0n) is 21.6. The average molecular weight is 493 g/mol. The SMILES string of the molecule is C=CCCC1CCC(c2ccc(COC(F)(F)Cc3ccc(C4CCC(C=C)CC4)cc3)cc2)CC1. The summed E-state index contributed by atoms with van der Waals surface area (Å²) in [4.78, 5) is 0. The number of hydrogen-bond donors (Lipinski definition) is 0. The highest BCUT2D eigenvalue weighted by atomic mass is 19.3. The van der Waals surface area contributed by atoms with Gasteiger partial charge in [0.15, 0.2) is 0 Å². The lowest BCUT2D eigenvalue weighted by atomic mass is 9.77. The van der Waals surface area contributed by atoms with Gasteiger partial charge in [0.05, 0.1) is 13.0 Å². The Morgan fingerprint density at radius 2 is 1.28 bits per heavy atom. The van der Waals surface area contributed by atoms with Gasteiger partial charge in [-0.15, -0.1) is 13.2 Å². The molecule has 0 saturated heterocycles. The third-order valence-corrected chi connectivity index (χ3v) is 8.49. The fourth-order valence-electron chi connectivity index (χ4n) is 6.10. The van der Waals surface area contributed by atoms with Crippen molar-refractivity contribution < 1.29 is 13.5 Å². The van der Waals surface area contributed by atoms with E-state index in [0.29, 0.717) is 23.3 Å². The van der Waals surface area contributed by atoms with Gasteiger partial charge >= 0.3 is 6.11 Å². The zero-order chi connectivity index (χ0) is 25.4. The molecule has 2 saturated carbocycles. The van der Waals surface area contributed by atoms with Crippen molar-refractivity contribution in [2.24, 2.45) is 11.8 Å². The van der Waals surface area contributed by atoms with Gasteiger partial charge in [0, 0.05) is 0 Å². The van der Waals surface area contributed by atoms with Crippen LogP contribution in [0.3, 0.4) is 0 Å². The highest BCUT2D eigenvalue weighted by Gasteiger charge is 2.31. The van der Waals surface area contributed by atoms with Gasteiger partial charge in [-0.2, -0.15) is 8.78 Å². The minimum Gasteiger partial charge on any atom is -0.315 e. The van der Waals surface area contributed by atoms with E-state index in [4.69, 9.17) is 4.74 Å². The Morgan fingerprint density at radius 1 is 0.750 bits per heavy atom. The molecule has 0 spiro atoms. The summed E-state index contributed by atoms with van der Waals surface area (Å²) in [5.74, 6) is 2.56. The van der Waals surface area contributed by atoms with Crippen molar-refractivity contribution in [2.75, 3.05) is 0 Å². The first-order valence-corrected chi connectivity index (χ1v) is 13.9. The molecule has 0 N–H and O–H groups in total. The molecular weight excluding hydrogens is 450 g/mol. The number of benzene rings is 2. The average Bonchev–Trinajstić information content (AvgIpc) is 2.92. The lowest BCUT2D eigenvalue weighted by molar-refractivity contribution is -0.244. The summed E-state index contributed by atoms with van der Waals surface area (Å²) in [7, 11) is 0. The van der Waals surface area contributed by atoms with Gasteiger partial charge < -0.3 is 4.74 Å². The van der Waals surface area contributed by atoms with Crippen LogP contribution < -0.4 is 0 Å². The molecule has 2 aliphatic rings. The molecule has 0 bridgehead atoms. The van der Waals surface area contributed by atoms with Crippen molar-refractivity contribution in [2.45, 2.75) is 95.2 Å². The predicted octanol–water partition coefficient (Wildman–Crippen LogP) is 9.74. The molecule has 2 aromatic rings. The molecule has 0 atom stereocenters. The van der Waals surface area contributed by atoms with Crippen LogP contribution in [0.2, 0.25) is 0 Å². The zero-order valence-corrected chi connectivity index (χ0v) is 21.6. The number of rotatable bonds is 11. The van der Waals surface area contributed by atoms with E-state index in [9.17, 15) is 8.78 Å². The monoisotopic (exact) mass is 492 g/mol. The number of hydrogen-bond acceptors (Lipinski definition) is 1. The van der Waals surface area contributed by atoms with Crippen LogP contribution in [0, 0.1) is 11.8 Å². The second kappa shape index (κ2) is 12.8. The first kappa shape index (κ1) is 26.8. The first-order chi connectivity index (χ1) is 17.5. The van der Waals surface area contributed by atoms with Crippen molar-refractivity contribution in [3.8, 4) is 0 Å². The fourth-order valence-corrected chi connectivity index (χ4v) is 6.10. The summed E-state index contributed by atoms with van der Waals surface area (Å²) in [6, 6.07) is 15.8. The molecule has 4 rings (SSSR count). The van der Waals surface area contributed by atoms with Crippen molar-refractivity contribution in [1.82, 2.24) is 0 Å². The largest absolute Gasteiger partial charge is 0.360 e.